The van der Waals surface area contributed by atoms with Crippen molar-refractivity contribution in [2.75, 3.05) is 0 Å². The van der Waals surface area contributed by atoms with Gasteiger partial charge in [-0.1, -0.05) is 29.5 Å². The summed E-state index contributed by atoms with van der Waals surface area (Å²) in [6, 6.07) is 7.17. The van der Waals surface area contributed by atoms with Crippen LogP contribution in [0.1, 0.15) is 48.2 Å². The maximum absolute atomic E-state index is 11.1. The molecule has 0 fully saturated rings. The molecule has 0 aliphatic heterocycles. The fraction of sp³-hybridized carbons (Fsp3) is 0.438. The average Bonchev–Trinajstić information content (AvgIpc) is 2.90. The fourth-order valence-corrected chi connectivity index (χ4v) is 3.39. The minimum absolute atomic E-state index is 0.0169. The van der Waals surface area contributed by atoms with Crippen LogP contribution in [0.25, 0.3) is 0 Å². The number of rotatable bonds is 4. The zero-order chi connectivity index (χ0) is 13.9. The molecule has 0 amide bonds. The Morgan fingerprint density at radius 3 is 2.85 bits per heavy atom. The molecule has 0 radical (unpaired) electrons. The molecule has 3 nitrogen and oxygen atoms in total. The summed E-state index contributed by atoms with van der Waals surface area (Å²) in [4.78, 5) is 14.0. The first-order valence-corrected chi connectivity index (χ1v) is 8.12. The number of hydrogen-bond donors (Lipinski definition) is 2. The average molecular weight is 288 g/mol. The Balaban J connectivity index is 1.67. The molecular weight excluding hydrogens is 268 g/mol. The van der Waals surface area contributed by atoms with E-state index in [0.717, 1.165) is 5.69 Å². The number of H-pyrrole nitrogens is 1. The number of aromatic nitrogens is 1. The topological polar surface area (TPSA) is 44.9 Å². The van der Waals surface area contributed by atoms with E-state index in [2.05, 4.69) is 35.4 Å². The van der Waals surface area contributed by atoms with Crippen LogP contribution in [0.5, 0.6) is 0 Å². The summed E-state index contributed by atoms with van der Waals surface area (Å²) < 4.78 is 0. The third kappa shape index (κ3) is 3.02. The van der Waals surface area contributed by atoms with Crippen molar-refractivity contribution in [3.8, 4) is 0 Å². The van der Waals surface area contributed by atoms with E-state index in [0.29, 0.717) is 12.6 Å². The van der Waals surface area contributed by atoms with Crippen molar-refractivity contribution in [3.05, 3.63) is 55.6 Å². The lowest BCUT2D eigenvalue weighted by Gasteiger charge is -2.20. The Bertz CT molecular complexity index is 644. The predicted molar refractivity (Wildman–Crippen MR) is 83.3 cm³/mol. The lowest BCUT2D eigenvalue weighted by Crippen LogP contribution is -2.19. The third-order valence-corrected chi connectivity index (χ3v) is 4.76. The first-order valence-electron chi connectivity index (χ1n) is 7.24. The van der Waals surface area contributed by atoms with E-state index in [-0.39, 0.29) is 4.87 Å². The lowest BCUT2D eigenvalue weighted by molar-refractivity contribution is 0.566. The van der Waals surface area contributed by atoms with Gasteiger partial charge in [-0.25, -0.2) is 0 Å². The second-order valence-corrected chi connectivity index (χ2v) is 6.35. The van der Waals surface area contributed by atoms with Gasteiger partial charge in [-0.15, -0.1) is 0 Å². The van der Waals surface area contributed by atoms with Crippen molar-refractivity contribution >= 4 is 11.3 Å². The number of fused-ring (bicyclic) bond motifs is 1. The molecule has 4 heteroatoms. The second kappa shape index (κ2) is 5.94. The first kappa shape index (κ1) is 13.6. The fourth-order valence-electron chi connectivity index (χ4n) is 2.80. The van der Waals surface area contributed by atoms with Crippen LogP contribution in [0.4, 0.5) is 0 Å². The summed E-state index contributed by atoms with van der Waals surface area (Å²) >= 11 is 1.22. The number of aryl methyl sites for hydroxylation is 2. The van der Waals surface area contributed by atoms with Crippen LogP contribution in [-0.2, 0) is 19.4 Å². The molecule has 1 aromatic heterocycles. The summed E-state index contributed by atoms with van der Waals surface area (Å²) in [7, 11) is 0. The monoisotopic (exact) mass is 288 g/mol. The molecule has 0 spiro atoms. The van der Waals surface area contributed by atoms with Crippen molar-refractivity contribution in [2.24, 2.45) is 0 Å². The van der Waals surface area contributed by atoms with Gasteiger partial charge in [0, 0.05) is 23.7 Å². The number of thiazole rings is 1. The van der Waals surface area contributed by atoms with E-state index in [1.807, 2.05) is 5.38 Å². The maximum Gasteiger partial charge on any atom is 0.304 e. The van der Waals surface area contributed by atoms with E-state index >= 15 is 0 Å². The molecule has 1 aliphatic rings. The van der Waals surface area contributed by atoms with Gasteiger partial charge in [0.2, 0.25) is 0 Å². The molecule has 1 unspecified atom stereocenters. The van der Waals surface area contributed by atoms with Crippen molar-refractivity contribution in [1.82, 2.24) is 10.3 Å². The van der Waals surface area contributed by atoms with Gasteiger partial charge in [0.05, 0.1) is 0 Å². The lowest BCUT2D eigenvalue weighted by atomic mass is 9.89. The molecule has 1 aliphatic carbocycles. The second-order valence-electron chi connectivity index (χ2n) is 5.51. The standard InChI is InChI=1S/C16H20N2OS/c1-11(17-9-15-10-20-16(19)18-15)13-7-6-12-4-2-3-5-14(12)8-13/h6-8,10-11,17H,2-5,9H2,1H3,(H,18,19). The number of aromatic amines is 1. The van der Waals surface area contributed by atoms with Crippen LogP contribution >= 0.6 is 11.3 Å². The van der Waals surface area contributed by atoms with Gasteiger partial charge in [0.25, 0.3) is 0 Å². The van der Waals surface area contributed by atoms with E-state index in [1.54, 1.807) is 0 Å². The van der Waals surface area contributed by atoms with Crippen LogP contribution in [0.3, 0.4) is 0 Å². The van der Waals surface area contributed by atoms with E-state index in [4.69, 9.17) is 0 Å². The van der Waals surface area contributed by atoms with Crippen molar-refractivity contribution in [3.63, 3.8) is 0 Å². The van der Waals surface area contributed by atoms with E-state index in [1.165, 1.54) is 53.7 Å². The quantitative estimate of drug-likeness (QED) is 0.907. The molecule has 1 atom stereocenters. The van der Waals surface area contributed by atoms with Crippen LogP contribution in [-0.4, -0.2) is 4.98 Å². The van der Waals surface area contributed by atoms with Crippen LogP contribution < -0.4 is 10.2 Å². The summed E-state index contributed by atoms with van der Waals surface area (Å²) in [6.45, 7) is 2.88. The molecule has 2 aromatic rings. The summed E-state index contributed by atoms with van der Waals surface area (Å²) in [5.74, 6) is 0. The highest BCUT2D eigenvalue weighted by Crippen LogP contribution is 2.24. The molecule has 106 valence electrons. The highest BCUT2D eigenvalue weighted by molar-refractivity contribution is 7.07. The number of benzene rings is 1. The van der Waals surface area contributed by atoms with Crippen LogP contribution in [0, 0.1) is 0 Å². The zero-order valence-corrected chi connectivity index (χ0v) is 12.6. The van der Waals surface area contributed by atoms with Crippen LogP contribution in [0.2, 0.25) is 0 Å². The van der Waals surface area contributed by atoms with Gasteiger partial charge in [-0.2, -0.15) is 0 Å². The van der Waals surface area contributed by atoms with E-state index < -0.39 is 0 Å². The highest BCUT2D eigenvalue weighted by atomic mass is 32.1. The first-order chi connectivity index (χ1) is 9.72. The summed E-state index contributed by atoms with van der Waals surface area (Å²) in [5.41, 5.74) is 5.34. The van der Waals surface area contributed by atoms with E-state index in [9.17, 15) is 4.79 Å². The molecule has 0 bridgehead atoms. The van der Waals surface area contributed by atoms with Crippen molar-refractivity contribution in [2.45, 2.75) is 45.2 Å². The van der Waals surface area contributed by atoms with Gasteiger partial charge >= 0.3 is 4.87 Å². The summed E-state index contributed by atoms with van der Waals surface area (Å²) in [6.07, 6.45) is 5.08. The van der Waals surface area contributed by atoms with Gasteiger partial charge in [-0.3, -0.25) is 4.79 Å². The van der Waals surface area contributed by atoms with Crippen molar-refractivity contribution < 1.29 is 0 Å². The molecule has 1 heterocycles. The maximum atomic E-state index is 11.1. The van der Waals surface area contributed by atoms with Gasteiger partial charge < -0.3 is 10.3 Å². The molecule has 2 N–H and O–H groups in total. The number of hydrogen-bond acceptors (Lipinski definition) is 3. The van der Waals surface area contributed by atoms with Crippen molar-refractivity contribution in [1.29, 1.82) is 0 Å². The predicted octanol–water partition coefficient (Wildman–Crippen LogP) is 3.17. The molecule has 20 heavy (non-hydrogen) atoms. The smallest absolute Gasteiger partial charge is 0.304 e. The molecule has 1 aromatic carbocycles. The number of nitrogens with one attached hydrogen (secondary N) is 2. The normalized spacial score (nSPS) is 15.8. The Labute approximate surface area is 123 Å². The highest BCUT2D eigenvalue weighted by Gasteiger charge is 2.12. The summed E-state index contributed by atoms with van der Waals surface area (Å²) in [5, 5.41) is 5.36. The Kier molecular flexibility index (Phi) is 4.03. The van der Waals surface area contributed by atoms with Gasteiger partial charge in [0.15, 0.2) is 0 Å². The Morgan fingerprint density at radius 1 is 1.30 bits per heavy atom. The minimum Gasteiger partial charge on any atom is -0.315 e. The molecule has 0 saturated heterocycles. The largest absolute Gasteiger partial charge is 0.315 e. The molecule has 3 rings (SSSR count). The SMILES string of the molecule is CC(NCc1csc(=O)[nH]1)c1ccc2c(c1)CCCC2. The Hall–Kier alpha value is -1.39. The third-order valence-electron chi connectivity index (χ3n) is 4.04. The van der Waals surface area contributed by atoms with Crippen LogP contribution in [0.15, 0.2) is 28.4 Å². The minimum atomic E-state index is 0.0169. The molecular formula is C16H20N2OS. The zero-order valence-electron chi connectivity index (χ0n) is 11.7. The Morgan fingerprint density at radius 2 is 2.10 bits per heavy atom. The van der Waals surface area contributed by atoms with Gasteiger partial charge in [-0.05, 0) is 49.3 Å². The molecule has 0 saturated carbocycles. The van der Waals surface area contributed by atoms with Gasteiger partial charge in [0.1, 0.15) is 0 Å².